The summed E-state index contributed by atoms with van der Waals surface area (Å²) in [5.41, 5.74) is 2.25. The first-order valence-corrected chi connectivity index (χ1v) is 13.2. The predicted molar refractivity (Wildman–Crippen MR) is 144 cm³/mol. The Labute approximate surface area is 246 Å². The molecule has 232 valence electrons. The zero-order chi connectivity index (χ0) is 31.7. The topological polar surface area (TPSA) is 86.8 Å². The Bertz CT molecular complexity index is 1690. The summed E-state index contributed by atoms with van der Waals surface area (Å²) < 4.78 is 85.9. The lowest BCUT2D eigenvalue weighted by molar-refractivity contribution is -1.08. The van der Waals surface area contributed by atoms with Crippen molar-refractivity contribution in [1.82, 2.24) is 9.55 Å². The number of carbonyl (C=O) groups excluding carboxylic acids is 1. The maximum Gasteiger partial charge on any atom is 0.573 e. The number of pyridine rings is 1. The van der Waals surface area contributed by atoms with Crippen LogP contribution in [0.3, 0.4) is 0 Å². The highest BCUT2D eigenvalue weighted by atomic mass is 19.4. The number of oxazole rings is 1. The summed E-state index contributed by atoms with van der Waals surface area (Å²) in [6.07, 6.45) is -6.88. The molecule has 0 spiro atoms. The van der Waals surface area contributed by atoms with Gasteiger partial charge < -0.3 is 18.6 Å². The van der Waals surface area contributed by atoms with Crippen molar-refractivity contribution in [3.63, 3.8) is 0 Å². The number of likely N-dealkylation sites (N-methyl/N-ethyl adjacent to an activating group) is 1. The van der Waals surface area contributed by atoms with Crippen LogP contribution in [-0.2, 0) is 16.2 Å². The number of ether oxygens (including phenoxy) is 1. The van der Waals surface area contributed by atoms with Crippen molar-refractivity contribution < 1.29 is 49.8 Å². The van der Waals surface area contributed by atoms with Crippen molar-refractivity contribution >= 4 is 11.7 Å². The number of halogens is 6. The minimum atomic E-state index is -5.07. The number of alkyl halides is 6. The van der Waals surface area contributed by atoms with E-state index in [0.717, 1.165) is 23.4 Å². The zero-order valence-corrected chi connectivity index (χ0v) is 23.1. The molecule has 0 amide bonds. The highest BCUT2D eigenvalue weighted by Gasteiger charge is 2.47. The Hall–Kier alpha value is -4.79. The first-order chi connectivity index (χ1) is 20.7. The van der Waals surface area contributed by atoms with Gasteiger partial charge in [0.2, 0.25) is 5.89 Å². The number of rotatable bonds is 7. The Balaban J connectivity index is 1.26. The van der Waals surface area contributed by atoms with E-state index in [1.54, 1.807) is 18.3 Å². The molecule has 5 rings (SSSR count). The molecular weight excluding hydrogens is 598 g/mol. The lowest BCUT2D eigenvalue weighted by atomic mass is 10.1. The van der Waals surface area contributed by atoms with E-state index in [1.165, 1.54) is 36.0 Å². The standard InChI is InChI=1S/C29H25F6N4O5/c1-39(44-27(41)28(30,31)32)13-11-37(12-14-39)22-4-2-3-19(15-22)17-38-18-21(7-10-25(38)40)26-36-16-24(42-26)20-5-8-23(9-6-20)43-29(33,34)35/h2-10,15-16,18H,11-14,17H2,1H3/q+1. The summed E-state index contributed by atoms with van der Waals surface area (Å²) >= 11 is 0. The molecule has 0 bridgehead atoms. The third-order valence-electron chi connectivity index (χ3n) is 6.96. The molecule has 9 nitrogen and oxygen atoms in total. The molecule has 3 heterocycles. The monoisotopic (exact) mass is 623 g/mol. The average molecular weight is 624 g/mol. The van der Waals surface area contributed by atoms with Crippen LogP contribution in [0.25, 0.3) is 22.8 Å². The Morgan fingerprint density at radius 2 is 1.66 bits per heavy atom. The maximum absolute atomic E-state index is 12.7. The lowest BCUT2D eigenvalue weighted by Crippen LogP contribution is -2.59. The van der Waals surface area contributed by atoms with Gasteiger partial charge in [0.05, 0.1) is 31.4 Å². The van der Waals surface area contributed by atoms with Crippen LogP contribution in [0.15, 0.2) is 82.3 Å². The van der Waals surface area contributed by atoms with Gasteiger partial charge in [0.15, 0.2) is 5.76 Å². The van der Waals surface area contributed by atoms with Crippen molar-refractivity contribution in [2.24, 2.45) is 0 Å². The Morgan fingerprint density at radius 3 is 2.32 bits per heavy atom. The normalized spacial score (nSPS) is 15.2. The molecule has 0 unspecified atom stereocenters. The van der Waals surface area contributed by atoms with Gasteiger partial charge in [-0.05, 0) is 48.0 Å². The number of nitrogens with zero attached hydrogens (tertiary/aromatic N) is 4. The Kier molecular flexibility index (Phi) is 8.16. The van der Waals surface area contributed by atoms with Gasteiger partial charge in [0.25, 0.3) is 5.56 Å². The second kappa shape index (κ2) is 11.7. The molecule has 0 radical (unpaired) electrons. The first-order valence-electron chi connectivity index (χ1n) is 13.2. The van der Waals surface area contributed by atoms with Gasteiger partial charge in [0, 0.05) is 23.5 Å². The summed E-state index contributed by atoms with van der Waals surface area (Å²) in [6.45, 7) is 1.17. The summed E-state index contributed by atoms with van der Waals surface area (Å²) in [5, 5.41) is 0. The average Bonchev–Trinajstić information content (AvgIpc) is 3.44. The van der Waals surface area contributed by atoms with Gasteiger partial charge >= 0.3 is 18.5 Å². The molecule has 15 heteroatoms. The first kappa shape index (κ1) is 30.7. The number of aromatic nitrogens is 2. The number of piperazine rings is 1. The number of benzene rings is 2. The molecule has 0 aliphatic carbocycles. The summed E-state index contributed by atoms with van der Waals surface area (Å²) in [7, 11) is 1.43. The molecule has 1 saturated heterocycles. The van der Waals surface area contributed by atoms with E-state index >= 15 is 0 Å². The quantitative estimate of drug-likeness (QED) is 0.201. The molecule has 0 N–H and O–H groups in total. The summed E-state index contributed by atoms with van der Waals surface area (Å²) in [5.74, 6) is -2.11. The van der Waals surface area contributed by atoms with Gasteiger partial charge in [-0.1, -0.05) is 12.1 Å². The maximum atomic E-state index is 12.7. The fourth-order valence-corrected chi connectivity index (χ4v) is 4.68. The van der Waals surface area contributed by atoms with E-state index in [9.17, 15) is 35.9 Å². The van der Waals surface area contributed by atoms with Gasteiger partial charge in [-0.15, -0.1) is 17.8 Å². The number of hydrogen-bond acceptors (Lipinski definition) is 7. The second-order valence-electron chi connectivity index (χ2n) is 10.3. The van der Waals surface area contributed by atoms with E-state index in [0.29, 0.717) is 30.0 Å². The minimum absolute atomic E-state index is 0.150. The minimum Gasteiger partial charge on any atom is -0.436 e. The third kappa shape index (κ3) is 7.40. The largest absolute Gasteiger partial charge is 0.573 e. The van der Waals surface area contributed by atoms with Crippen molar-refractivity contribution in [2.45, 2.75) is 19.1 Å². The van der Waals surface area contributed by atoms with E-state index in [1.807, 2.05) is 23.1 Å². The van der Waals surface area contributed by atoms with Gasteiger partial charge in [-0.2, -0.15) is 13.2 Å². The molecule has 2 aromatic carbocycles. The van der Waals surface area contributed by atoms with Crippen molar-refractivity contribution in [1.29, 1.82) is 0 Å². The van der Waals surface area contributed by atoms with Crippen LogP contribution < -0.4 is 15.2 Å². The highest BCUT2D eigenvalue weighted by Crippen LogP contribution is 2.29. The lowest BCUT2D eigenvalue weighted by Gasteiger charge is -2.39. The molecule has 2 aromatic heterocycles. The Morgan fingerprint density at radius 1 is 0.977 bits per heavy atom. The number of anilines is 1. The highest BCUT2D eigenvalue weighted by molar-refractivity contribution is 5.74. The van der Waals surface area contributed by atoms with Crippen molar-refractivity contribution in [3.05, 3.63) is 89.0 Å². The number of hydrogen-bond donors (Lipinski definition) is 0. The van der Waals surface area contributed by atoms with E-state index < -0.39 is 23.2 Å². The van der Waals surface area contributed by atoms with Crippen LogP contribution in [0.1, 0.15) is 5.56 Å². The van der Waals surface area contributed by atoms with Crippen LogP contribution in [0.2, 0.25) is 0 Å². The summed E-state index contributed by atoms with van der Waals surface area (Å²) in [4.78, 5) is 34.9. The van der Waals surface area contributed by atoms with Crippen LogP contribution in [0.5, 0.6) is 5.75 Å². The van der Waals surface area contributed by atoms with Crippen molar-refractivity contribution in [3.8, 4) is 28.5 Å². The molecule has 4 aromatic rings. The molecule has 0 saturated carbocycles. The summed E-state index contributed by atoms with van der Waals surface area (Å²) in [6, 6.07) is 15.4. The third-order valence-corrected chi connectivity index (χ3v) is 6.96. The number of hydroxylamine groups is 3. The van der Waals surface area contributed by atoms with E-state index in [-0.39, 0.29) is 36.8 Å². The number of quaternary nitrogens is 1. The molecular formula is C29H25F6N4O5+. The molecule has 1 fully saturated rings. The fourth-order valence-electron chi connectivity index (χ4n) is 4.68. The zero-order valence-electron chi connectivity index (χ0n) is 23.1. The van der Waals surface area contributed by atoms with Gasteiger partial charge in [-0.3, -0.25) is 9.63 Å². The van der Waals surface area contributed by atoms with Crippen LogP contribution >= 0.6 is 0 Å². The van der Waals surface area contributed by atoms with Crippen molar-refractivity contribution in [2.75, 3.05) is 38.1 Å². The van der Waals surface area contributed by atoms with Crippen LogP contribution in [0, 0.1) is 0 Å². The number of carbonyl (C=O) groups is 1. The molecule has 1 aliphatic rings. The van der Waals surface area contributed by atoms with Gasteiger partial charge in [0.1, 0.15) is 25.9 Å². The van der Waals surface area contributed by atoms with Gasteiger partial charge in [-0.25, -0.2) is 9.78 Å². The fraction of sp³-hybridized carbons (Fsp3) is 0.276. The van der Waals surface area contributed by atoms with Crippen LogP contribution in [0.4, 0.5) is 32.0 Å². The van der Waals surface area contributed by atoms with Crippen LogP contribution in [-0.4, -0.2) is 65.9 Å². The predicted octanol–water partition coefficient (Wildman–Crippen LogP) is 5.40. The molecule has 0 atom stereocenters. The molecule has 1 aliphatic heterocycles. The smallest absolute Gasteiger partial charge is 0.436 e. The molecule has 44 heavy (non-hydrogen) atoms. The SMILES string of the molecule is C[N+]1(OC(=O)C(F)(F)F)CCN(c2cccc(Cn3cc(-c4ncc(-c5ccc(OC(F)(F)F)cc5)o4)ccc3=O)c2)CC1. The second-order valence-corrected chi connectivity index (χ2v) is 10.3. The van der Waals surface area contributed by atoms with E-state index in [4.69, 9.17) is 9.25 Å². The van der Waals surface area contributed by atoms with E-state index in [2.05, 4.69) is 9.72 Å².